The number of hydrogen-bond donors (Lipinski definition) is 0. The van der Waals surface area contributed by atoms with Crippen molar-refractivity contribution in [3.05, 3.63) is 139 Å². The van der Waals surface area contributed by atoms with Gasteiger partial charge in [-0.25, -0.2) is 0 Å². The zero-order valence-electron chi connectivity index (χ0n) is 22.2. The molecule has 4 heterocycles. The average molecular weight is 517 g/mol. The molecule has 0 atom stereocenters. The van der Waals surface area contributed by atoms with Crippen LogP contribution in [0.2, 0.25) is 0 Å². The molecule has 0 aliphatic carbocycles. The first-order valence-electron chi connectivity index (χ1n) is 13.9. The van der Waals surface area contributed by atoms with Crippen LogP contribution >= 0.6 is 0 Å². The van der Waals surface area contributed by atoms with Crippen molar-refractivity contribution in [3.8, 4) is 22.5 Å². The smallest absolute Gasteiger partial charge is 0.222 e. The van der Waals surface area contributed by atoms with Gasteiger partial charge in [-0.2, -0.15) is 9.13 Å². The Morgan fingerprint density at radius 2 is 1.45 bits per heavy atom. The van der Waals surface area contributed by atoms with Crippen molar-refractivity contribution < 1.29 is 13.6 Å². The maximum absolute atomic E-state index is 6.75. The molecular weight excluding hydrogens is 488 g/mol. The molecule has 8 rings (SSSR count). The summed E-state index contributed by atoms with van der Waals surface area (Å²) in [4.78, 5) is 0. The summed E-state index contributed by atoms with van der Waals surface area (Å²) in [7, 11) is 0. The van der Waals surface area contributed by atoms with Crippen LogP contribution in [0.1, 0.15) is 11.1 Å². The lowest BCUT2D eigenvalue weighted by molar-refractivity contribution is -0.685. The lowest BCUT2D eigenvalue weighted by atomic mass is 9.94. The highest BCUT2D eigenvalue weighted by Crippen LogP contribution is 2.40. The Bertz CT molecular complexity index is 2120. The Labute approximate surface area is 232 Å². The molecule has 0 fully saturated rings. The quantitative estimate of drug-likeness (QED) is 0.188. The van der Waals surface area contributed by atoms with Crippen molar-refractivity contribution in [1.29, 1.82) is 0 Å². The largest absolute Gasteiger partial charge is 0.455 e. The number of aromatic nitrogens is 2. The van der Waals surface area contributed by atoms with Crippen molar-refractivity contribution in [1.82, 2.24) is 0 Å². The van der Waals surface area contributed by atoms with E-state index >= 15 is 0 Å². The number of aryl methyl sites for hydroxylation is 2. The van der Waals surface area contributed by atoms with E-state index in [-0.39, 0.29) is 0 Å². The summed E-state index contributed by atoms with van der Waals surface area (Å²) in [5, 5.41) is 4.77. The second-order valence-electron chi connectivity index (χ2n) is 10.6. The van der Waals surface area contributed by atoms with E-state index in [0.29, 0.717) is 0 Å². The Morgan fingerprint density at radius 3 is 2.40 bits per heavy atom. The first-order chi connectivity index (χ1) is 19.8. The second-order valence-corrected chi connectivity index (χ2v) is 10.6. The molecule has 190 valence electrons. The number of pyridine rings is 2. The van der Waals surface area contributed by atoms with Gasteiger partial charge in [-0.1, -0.05) is 60.7 Å². The molecule has 3 aromatic heterocycles. The predicted molar refractivity (Wildman–Crippen MR) is 162 cm³/mol. The lowest BCUT2D eigenvalue weighted by Gasteiger charge is -2.14. The third-order valence-electron chi connectivity index (χ3n) is 8.32. The summed E-state index contributed by atoms with van der Waals surface area (Å²) < 4.78 is 11.4. The van der Waals surface area contributed by atoms with Crippen LogP contribution in [0.3, 0.4) is 0 Å². The summed E-state index contributed by atoms with van der Waals surface area (Å²) in [5.41, 5.74) is 10.1. The van der Waals surface area contributed by atoms with E-state index in [9.17, 15) is 0 Å². The molecule has 7 aromatic rings. The molecule has 0 radical (unpaired) electrons. The van der Waals surface area contributed by atoms with Crippen LogP contribution in [-0.2, 0) is 19.4 Å². The molecule has 4 aromatic carbocycles. The molecule has 0 N–H and O–H groups in total. The highest BCUT2D eigenvalue weighted by atomic mass is 16.3. The van der Waals surface area contributed by atoms with E-state index in [1.54, 1.807) is 0 Å². The van der Waals surface area contributed by atoms with Gasteiger partial charge in [0.05, 0.1) is 12.0 Å². The minimum absolute atomic E-state index is 0.739. The van der Waals surface area contributed by atoms with Gasteiger partial charge in [0.1, 0.15) is 11.2 Å². The van der Waals surface area contributed by atoms with Gasteiger partial charge in [0, 0.05) is 47.0 Å². The van der Waals surface area contributed by atoms with Crippen molar-refractivity contribution in [2.75, 3.05) is 0 Å². The topological polar surface area (TPSA) is 20.9 Å². The lowest BCUT2D eigenvalue weighted by Crippen LogP contribution is -2.38. The third kappa shape index (κ3) is 3.51. The molecule has 3 heteroatoms. The summed E-state index contributed by atoms with van der Waals surface area (Å²) in [6.07, 6.45) is 5.94. The molecule has 1 aliphatic rings. The number of rotatable bonds is 0. The van der Waals surface area contributed by atoms with Crippen molar-refractivity contribution >= 4 is 38.4 Å². The monoisotopic (exact) mass is 516 g/mol. The van der Waals surface area contributed by atoms with E-state index in [2.05, 4.69) is 137 Å². The van der Waals surface area contributed by atoms with E-state index in [1.165, 1.54) is 38.5 Å². The molecule has 40 heavy (non-hydrogen) atoms. The minimum Gasteiger partial charge on any atom is -0.455 e. The number of hydrogen-bond acceptors (Lipinski definition) is 1. The van der Waals surface area contributed by atoms with Gasteiger partial charge in [0.15, 0.2) is 24.6 Å². The van der Waals surface area contributed by atoms with Crippen LogP contribution in [0.15, 0.2) is 133 Å². The fourth-order valence-corrected chi connectivity index (χ4v) is 6.45. The van der Waals surface area contributed by atoms with Crippen LogP contribution in [0.5, 0.6) is 0 Å². The van der Waals surface area contributed by atoms with Gasteiger partial charge in [-0.15, -0.1) is 0 Å². The molecule has 1 aliphatic heterocycles. The van der Waals surface area contributed by atoms with Crippen molar-refractivity contribution in [2.45, 2.75) is 19.4 Å². The highest BCUT2D eigenvalue weighted by molar-refractivity contribution is 6.20. The van der Waals surface area contributed by atoms with Crippen LogP contribution in [0.4, 0.5) is 0 Å². The van der Waals surface area contributed by atoms with E-state index < -0.39 is 0 Å². The number of allylic oxidation sites excluding steroid dienone is 1. The SMILES string of the molecule is C=C1Cc2ccccc2-c2cccc[n+]2CCc2ccc3c(oc4ccc5ccccc5c43)c2-c2cccc[n+]21. The zero-order valence-corrected chi connectivity index (χ0v) is 22.2. The average Bonchev–Trinajstić information content (AvgIpc) is 3.39. The van der Waals surface area contributed by atoms with Gasteiger partial charge < -0.3 is 4.42 Å². The fourth-order valence-electron chi connectivity index (χ4n) is 6.45. The van der Waals surface area contributed by atoms with Gasteiger partial charge in [0.2, 0.25) is 11.4 Å². The van der Waals surface area contributed by atoms with Crippen LogP contribution in [-0.4, -0.2) is 0 Å². The van der Waals surface area contributed by atoms with Gasteiger partial charge >= 0.3 is 0 Å². The van der Waals surface area contributed by atoms with Crippen molar-refractivity contribution in [2.24, 2.45) is 0 Å². The normalized spacial score (nSPS) is 13.2. The molecule has 0 unspecified atom stereocenters. The standard InChI is InChI=1S/C37H28N2O/c1-25-24-28-11-3-4-12-29(28)32-14-6-8-21-38(32)23-20-27-16-18-31-36-30-13-5-2-10-26(30)17-19-34(36)40-37(31)35(27)33-15-7-9-22-39(25)33/h2-19,21-22H,1,20,23-24H2/q+2. The van der Waals surface area contributed by atoms with E-state index in [1.807, 2.05) is 0 Å². The summed E-state index contributed by atoms with van der Waals surface area (Å²) in [6, 6.07) is 39.0. The van der Waals surface area contributed by atoms with Crippen LogP contribution in [0, 0.1) is 0 Å². The predicted octanol–water partition coefficient (Wildman–Crippen LogP) is 7.92. The maximum Gasteiger partial charge on any atom is 0.222 e. The molecule has 0 spiro atoms. The number of fused-ring (bicyclic) bond motifs is 12. The summed E-state index contributed by atoms with van der Waals surface area (Å²) in [5.74, 6) is 0. The van der Waals surface area contributed by atoms with Crippen LogP contribution < -0.4 is 9.13 Å². The van der Waals surface area contributed by atoms with Crippen LogP contribution in [0.25, 0.3) is 60.9 Å². The summed E-state index contributed by atoms with van der Waals surface area (Å²) >= 11 is 0. The minimum atomic E-state index is 0.739. The van der Waals surface area contributed by atoms with E-state index in [0.717, 1.165) is 52.9 Å². The highest BCUT2D eigenvalue weighted by Gasteiger charge is 2.28. The maximum atomic E-state index is 6.75. The number of furan rings is 1. The van der Waals surface area contributed by atoms with E-state index in [4.69, 9.17) is 4.42 Å². The molecular formula is C37H28N2O+2. The van der Waals surface area contributed by atoms with Gasteiger partial charge in [0.25, 0.3) is 0 Å². The Balaban J connectivity index is 1.44. The number of benzene rings is 4. The molecule has 0 amide bonds. The van der Waals surface area contributed by atoms with Gasteiger partial charge in [-0.05, 0) is 52.7 Å². The molecule has 3 nitrogen and oxygen atoms in total. The molecule has 0 saturated heterocycles. The third-order valence-corrected chi connectivity index (χ3v) is 8.32. The first-order valence-corrected chi connectivity index (χ1v) is 13.9. The summed E-state index contributed by atoms with van der Waals surface area (Å²) in [6.45, 7) is 5.46. The second kappa shape index (κ2) is 9.03. The first kappa shape index (κ1) is 22.9. The van der Waals surface area contributed by atoms with Gasteiger partial charge in [-0.3, -0.25) is 0 Å². The molecule has 0 bridgehead atoms. The Kier molecular flexibility index (Phi) is 5.17. The zero-order chi connectivity index (χ0) is 26.6. The fraction of sp³-hybridized carbons (Fsp3) is 0.0811. The molecule has 0 saturated carbocycles. The number of nitrogens with zero attached hydrogens (tertiary/aromatic N) is 2. The van der Waals surface area contributed by atoms with Crippen molar-refractivity contribution in [3.63, 3.8) is 0 Å². The Hall–Kier alpha value is -5.02. The Morgan fingerprint density at radius 1 is 0.650 bits per heavy atom.